The summed E-state index contributed by atoms with van der Waals surface area (Å²) in [7, 11) is 2.15. The maximum absolute atomic E-state index is 5.74. The topological polar surface area (TPSA) is 12.5 Å². The van der Waals surface area contributed by atoms with E-state index in [9.17, 15) is 0 Å². The molecule has 0 aliphatic heterocycles. The van der Waals surface area contributed by atoms with E-state index in [1.165, 1.54) is 24.1 Å². The van der Waals surface area contributed by atoms with E-state index in [4.69, 9.17) is 4.74 Å². The van der Waals surface area contributed by atoms with Crippen molar-refractivity contribution in [3.05, 3.63) is 60.2 Å². The van der Waals surface area contributed by atoms with E-state index in [1.807, 2.05) is 12.1 Å². The first kappa shape index (κ1) is 15.4. The predicted molar refractivity (Wildman–Crippen MR) is 90.2 cm³/mol. The first-order valence-corrected chi connectivity index (χ1v) is 7.71. The van der Waals surface area contributed by atoms with Gasteiger partial charge in [0.25, 0.3) is 0 Å². The maximum atomic E-state index is 5.74. The fourth-order valence-electron chi connectivity index (χ4n) is 2.26. The molecule has 0 amide bonds. The molecule has 0 fully saturated rings. The third-order valence-corrected chi connectivity index (χ3v) is 3.62. The number of ether oxygens (including phenoxy) is 1. The Morgan fingerprint density at radius 2 is 1.57 bits per heavy atom. The van der Waals surface area contributed by atoms with Crippen LogP contribution in [0, 0.1) is 6.92 Å². The summed E-state index contributed by atoms with van der Waals surface area (Å²) in [6.45, 7) is 3.99. The maximum Gasteiger partial charge on any atom is 0.119 e. The molecule has 0 saturated heterocycles. The van der Waals surface area contributed by atoms with Gasteiger partial charge in [0, 0.05) is 19.3 Å². The van der Waals surface area contributed by atoms with Crippen LogP contribution in [0.1, 0.15) is 24.8 Å². The molecule has 0 unspecified atom stereocenters. The molecular formula is C19H25NO. The zero-order valence-electron chi connectivity index (χ0n) is 13.1. The number of anilines is 1. The Morgan fingerprint density at radius 3 is 2.29 bits per heavy atom. The molecule has 2 heteroatoms. The van der Waals surface area contributed by atoms with Gasteiger partial charge in [-0.3, -0.25) is 0 Å². The second-order valence-electron chi connectivity index (χ2n) is 5.48. The van der Waals surface area contributed by atoms with Crippen LogP contribution in [0.5, 0.6) is 5.75 Å². The number of para-hydroxylation sites is 1. The first-order valence-electron chi connectivity index (χ1n) is 7.71. The lowest BCUT2D eigenvalue weighted by Crippen LogP contribution is -2.18. The van der Waals surface area contributed by atoms with E-state index < -0.39 is 0 Å². The lowest BCUT2D eigenvalue weighted by Gasteiger charge is -2.19. The zero-order valence-corrected chi connectivity index (χ0v) is 13.1. The van der Waals surface area contributed by atoms with Gasteiger partial charge in [0.15, 0.2) is 0 Å². The molecule has 0 bridgehead atoms. The van der Waals surface area contributed by atoms with Crippen LogP contribution < -0.4 is 9.64 Å². The van der Waals surface area contributed by atoms with Crippen LogP contribution in [-0.2, 0) is 0 Å². The monoisotopic (exact) mass is 283 g/mol. The standard InChI is InChI=1S/C19H25NO/c1-17-11-13-19(14-12-17)21-16-8-4-7-15-20(2)18-9-5-3-6-10-18/h3,5-6,9-14H,4,7-8,15-16H2,1-2H3. The van der Waals surface area contributed by atoms with Gasteiger partial charge in [0.1, 0.15) is 5.75 Å². The molecule has 0 radical (unpaired) electrons. The van der Waals surface area contributed by atoms with Crippen molar-refractivity contribution < 1.29 is 4.74 Å². The minimum absolute atomic E-state index is 0.804. The number of aryl methyl sites for hydroxylation is 1. The highest BCUT2D eigenvalue weighted by Crippen LogP contribution is 2.13. The predicted octanol–water partition coefficient (Wildman–Crippen LogP) is 4.68. The molecule has 0 aliphatic rings. The quantitative estimate of drug-likeness (QED) is 0.652. The largest absolute Gasteiger partial charge is 0.494 e. The fraction of sp³-hybridized carbons (Fsp3) is 0.368. The number of hydrogen-bond acceptors (Lipinski definition) is 2. The molecule has 2 aromatic rings. The van der Waals surface area contributed by atoms with Crippen molar-refractivity contribution in [2.24, 2.45) is 0 Å². The highest BCUT2D eigenvalue weighted by Gasteiger charge is 1.99. The Labute approximate surface area is 128 Å². The van der Waals surface area contributed by atoms with Crippen LogP contribution in [0.25, 0.3) is 0 Å². The Bertz CT molecular complexity index is 507. The molecule has 112 valence electrons. The third-order valence-electron chi connectivity index (χ3n) is 3.62. The van der Waals surface area contributed by atoms with Crippen molar-refractivity contribution in [3.8, 4) is 5.75 Å². The van der Waals surface area contributed by atoms with Crippen molar-refractivity contribution in [2.75, 3.05) is 25.1 Å². The van der Waals surface area contributed by atoms with Gasteiger partial charge in [-0.15, -0.1) is 0 Å². The minimum atomic E-state index is 0.804. The van der Waals surface area contributed by atoms with E-state index in [1.54, 1.807) is 0 Å². The van der Waals surface area contributed by atoms with E-state index in [-0.39, 0.29) is 0 Å². The summed E-state index contributed by atoms with van der Waals surface area (Å²) in [6, 6.07) is 18.8. The Hall–Kier alpha value is -1.96. The van der Waals surface area contributed by atoms with Crippen LogP contribution >= 0.6 is 0 Å². The van der Waals surface area contributed by atoms with Crippen molar-refractivity contribution >= 4 is 5.69 Å². The SMILES string of the molecule is Cc1ccc(OCCCCCN(C)c2ccccc2)cc1. The summed E-state index contributed by atoms with van der Waals surface area (Å²) >= 11 is 0. The van der Waals surface area contributed by atoms with Crippen LogP contribution in [0.2, 0.25) is 0 Å². The number of nitrogens with zero attached hydrogens (tertiary/aromatic N) is 1. The van der Waals surface area contributed by atoms with Gasteiger partial charge >= 0.3 is 0 Å². The molecule has 2 nitrogen and oxygen atoms in total. The highest BCUT2D eigenvalue weighted by molar-refractivity contribution is 5.44. The molecule has 2 rings (SSSR count). The van der Waals surface area contributed by atoms with Crippen molar-refractivity contribution in [1.29, 1.82) is 0 Å². The van der Waals surface area contributed by atoms with Crippen molar-refractivity contribution in [1.82, 2.24) is 0 Å². The van der Waals surface area contributed by atoms with Gasteiger partial charge in [-0.05, 0) is 50.5 Å². The highest BCUT2D eigenvalue weighted by atomic mass is 16.5. The number of unbranched alkanes of at least 4 members (excludes halogenated alkanes) is 2. The van der Waals surface area contributed by atoms with E-state index in [0.717, 1.165) is 25.3 Å². The van der Waals surface area contributed by atoms with E-state index >= 15 is 0 Å². The molecule has 0 saturated carbocycles. The van der Waals surface area contributed by atoms with Gasteiger partial charge in [0.2, 0.25) is 0 Å². The number of rotatable bonds is 8. The second kappa shape index (κ2) is 8.35. The third kappa shape index (κ3) is 5.50. The Balaban J connectivity index is 1.57. The smallest absolute Gasteiger partial charge is 0.119 e. The van der Waals surface area contributed by atoms with E-state index in [0.29, 0.717) is 0 Å². The van der Waals surface area contributed by atoms with Crippen LogP contribution in [-0.4, -0.2) is 20.2 Å². The summed E-state index contributed by atoms with van der Waals surface area (Å²) in [5.74, 6) is 0.974. The van der Waals surface area contributed by atoms with Gasteiger partial charge in [-0.1, -0.05) is 35.9 Å². The molecule has 2 aromatic carbocycles. The molecule has 0 aromatic heterocycles. The Morgan fingerprint density at radius 1 is 0.857 bits per heavy atom. The van der Waals surface area contributed by atoms with Crippen LogP contribution in [0.15, 0.2) is 54.6 Å². The molecule has 0 atom stereocenters. The summed E-state index contributed by atoms with van der Waals surface area (Å²) in [6.07, 6.45) is 3.50. The first-order chi connectivity index (χ1) is 10.3. The molecule has 0 spiro atoms. The number of hydrogen-bond donors (Lipinski definition) is 0. The van der Waals surface area contributed by atoms with Gasteiger partial charge in [-0.2, -0.15) is 0 Å². The second-order valence-corrected chi connectivity index (χ2v) is 5.48. The van der Waals surface area contributed by atoms with Crippen molar-refractivity contribution in [3.63, 3.8) is 0 Å². The van der Waals surface area contributed by atoms with Crippen LogP contribution in [0.3, 0.4) is 0 Å². The molecular weight excluding hydrogens is 258 g/mol. The Kier molecular flexibility index (Phi) is 6.14. The molecule has 21 heavy (non-hydrogen) atoms. The van der Waals surface area contributed by atoms with Crippen LogP contribution in [0.4, 0.5) is 5.69 Å². The normalized spacial score (nSPS) is 10.4. The fourth-order valence-corrected chi connectivity index (χ4v) is 2.26. The summed E-state index contributed by atoms with van der Waals surface area (Å²) in [5.41, 5.74) is 2.56. The molecule has 0 heterocycles. The number of benzene rings is 2. The van der Waals surface area contributed by atoms with E-state index in [2.05, 4.69) is 61.3 Å². The summed E-state index contributed by atoms with van der Waals surface area (Å²) in [5, 5.41) is 0. The van der Waals surface area contributed by atoms with Gasteiger partial charge in [-0.25, -0.2) is 0 Å². The van der Waals surface area contributed by atoms with Crippen molar-refractivity contribution in [2.45, 2.75) is 26.2 Å². The van der Waals surface area contributed by atoms with Gasteiger partial charge < -0.3 is 9.64 Å². The van der Waals surface area contributed by atoms with Gasteiger partial charge in [0.05, 0.1) is 6.61 Å². The molecule has 0 N–H and O–H groups in total. The summed E-state index contributed by atoms with van der Waals surface area (Å²) in [4.78, 5) is 2.31. The average Bonchev–Trinajstić information content (AvgIpc) is 2.53. The lowest BCUT2D eigenvalue weighted by atomic mass is 10.2. The summed E-state index contributed by atoms with van der Waals surface area (Å²) < 4.78 is 5.74. The minimum Gasteiger partial charge on any atom is -0.494 e. The lowest BCUT2D eigenvalue weighted by molar-refractivity contribution is 0.305. The zero-order chi connectivity index (χ0) is 14.9. The average molecular weight is 283 g/mol. The molecule has 0 aliphatic carbocycles.